The van der Waals surface area contributed by atoms with Gasteiger partial charge in [0.05, 0.1) is 5.71 Å². The highest BCUT2D eigenvalue weighted by Crippen LogP contribution is 2.23. The Labute approximate surface area is 148 Å². The van der Waals surface area contributed by atoms with Crippen molar-refractivity contribution in [1.29, 1.82) is 0 Å². The second kappa shape index (κ2) is 8.33. The highest BCUT2D eigenvalue weighted by Gasteiger charge is 2.07. The lowest BCUT2D eigenvalue weighted by molar-refractivity contribution is -0.123. The zero-order valence-corrected chi connectivity index (χ0v) is 15.2. The van der Waals surface area contributed by atoms with E-state index in [4.69, 9.17) is 10.5 Å². The van der Waals surface area contributed by atoms with Crippen LogP contribution in [0.4, 0.5) is 5.69 Å². The lowest BCUT2D eigenvalue weighted by Gasteiger charge is -2.12. The van der Waals surface area contributed by atoms with Gasteiger partial charge >= 0.3 is 0 Å². The highest BCUT2D eigenvalue weighted by atomic mass is 16.5. The van der Waals surface area contributed by atoms with Crippen molar-refractivity contribution in [1.82, 2.24) is 5.43 Å². The monoisotopic (exact) mass is 339 g/mol. The Morgan fingerprint density at radius 2 is 1.88 bits per heavy atom. The van der Waals surface area contributed by atoms with Crippen molar-refractivity contribution >= 4 is 17.3 Å². The second-order valence-corrected chi connectivity index (χ2v) is 6.32. The molecule has 3 N–H and O–H groups in total. The molecule has 25 heavy (non-hydrogen) atoms. The summed E-state index contributed by atoms with van der Waals surface area (Å²) in [6.07, 6.45) is 0. The second-order valence-electron chi connectivity index (χ2n) is 6.32. The Kier molecular flexibility index (Phi) is 6.17. The van der Waals surface area contributed by atoms with Crippen LogP contribution in [0.5, 0.6) is 5.75 Å². The molecule has 0 spiro atoms. The van der Waals surface area contributed by atoms with Crippen molar-refractivity contribution < 1.29 is 9.53 Å². The Bertz CT molecular complexity index is 765. The zero-order valence-electron chi connectivity index (χ0n) is 15.2. The number of aryl methyl sites for hydroxylation is 1. The predicted octanol–water partition coefficient (Wildman–Crippen LogP) is 3.62. The average molecular weight is 339 g/mol. The van der Waals surface area contributed by atoms with Crippen molar-refractivity contribution in [3.8, 4) is 5.75 Å². The molecule has 2 aromatic carbocycles. The van der Waals surface area contributed by atoms with Crippen LogP contribution in [-0.4, -0.2) is 18.2 Å². The van der Waals surface area contributed by atoms with Gasteiger partial charge in [-0.15, -0.1) is 0 Å². The third kappa shape index (κ3) is 5.35. The van der Waals surface area contributed by atoms with Gasteiger partial charge in [-0.2, -0.15) is 5.10 Å². The van der Waals surface area contributed by atoms with E-state index in [1.807, 2.05) is 44.2 Å². The van der Waals surface area contributed by atoms with Crippen LogP contribution in [-0.2, 0) is 4.79 Å². The highest BCUT2D eigenvalue weighted by molar-refractivity contribution is 5.99. The van der Waals surface area contributed by atoms with Gasteiger partial charge in [-0.05, 0) is 60.7 Å². The number of carbonyl (C=O) groups is 1. The molecule has 0 heterocycles. The molecule has 0 aliphatic rings. The molecule has 0 aromatic heterocycles. The number of nitrogens with one attached hydrogen (secondary N) is 1. The molecule has 0 saturated carbocycles. The smallest absolute Gasteiger partial charge is 0.277 e. The molecule has 5 nitrogen and oxygen atoms in total. The maximum Gasteiger partial charge on any atom is 0.277 e. The summed E-state index contributed by atoms with van der Waals surface area (Å²) in [5.41, 5.74) is 12.9. The first-order valence-electron chi connectivity index (χ1n) is 8.29. The Morgan fingerprint density at radius 3 is 2.48 bits per heavy atom. The first-order chi connectivity index (χ1) is 11.9. The number of rotatable bonds is 6. The van der Waals surface area contributed by atoms with Gasteiger partial charge in [0.15, 0.2) is 6.61 Å². The van der Waals surface area contributed by atoms with Gasteiger partial charge in [0, 0.05) is 5.69 Å². The number of hydrogen-bond acceptors (Lipinski definition) is 4. The van der Waals surface area contributed by atoms with E-state index in [1.54, 1.807) is 12.1 Å². The van der Waals surface area contributed by atoms with E-state index in [0.717, 1.165) is 11.1 Å². The lowest BCUT2D eigenvalue weighted by Crippen LogP contribution is -2.25. The van der Waals surface area contributed by atoms with E-state index >= 15 is 0 Å². The molecule has 132 valence electrons. The molecule has 0 aliphatic heterocycles. The number of nitrogens with zero attached hydrogens (tertiary/aromatic N) is 1. The number of carbonyl (C=O) groups excluding carboxylic acids is 1. The third-order valence-electron chi connectivity index (χ3n) is 3.91. The minimum Gasteiger partial charge on any atom is -0.484 e. The fraction of sp³-hybridized carbons (Fsp3) is 0.300. The maximum atomic E-state index is 11.9. The summed E-state index contributed by atoms with van der Waals surface area (Å²) in [7, 11) is 0. The minimum atomic E-state index is -0.305. The van der Waals surface area contributed by atoms with Crippen LogP contribution in [0.2, 0.25) is 0 Å². The van der Waals surface area contributed by atoms with E-state index in [-0.39, 0.29) is 12.5 Å². The normalized spacial score (nSPS) is 11.5. The molecule has 5 heteroatoms. The van der Waals surface area contributed by atoms with Gasteiger partial charge in [-0.25, -0.2) is 5.43 Å². The number of nitrogens with two attached hydrogens (primary N) is 1. The first-order valence-corrected chi connectivity index (χ1v) is 8.29. The number of hydrazone groups is 1. The molecule has 0 saturated heterocycles. The Balaban J connectivity index is 1.89. The van der Waals surface area contributed by atoms with Crippen molar-refractivity contribution in [2.24, 2.45) is 5.10 Å². The van der Waals surface area contributed by atoms with E-state index in [1.165, 1.54) is 5.56 Å². The number of benzene rings is 2. The molecule has 0 atom stereocenters. The topological polar surface area (TPSA) is 76.7 Å². The SMILES string of the molecule is C/C(=N/NC(=O)COc1ccc(C(C)C)c(C)c1)c1ccc(N)cc1. The molecule has 0 fully saturated rings. The van der Waals surface area contributed by atoms with Gasteiger partial charge < -0.3 is 10.5 Å². The van der Waals surface area contributed by atoms with Gasteiger partial charge in [0.25, 0.3) is 5.91 Å². The average Bonchev–Trinajstić information content (AvgIpc) is 2.58. The largest absolute Gasteiger partial charge is 0.484 e. The van der Waals surface area contributed by atoms with E-state index in [9.17, 15) is 4.79 Å². The molecule has 0 bridgehead atoms. The number of hydrogen-bond donors (Lipinski definition) is 2. The number of amides is 1. The van der Waals surface area contributed by atoms with Gasteiger partial charge in [0.1, 0.15) is 5.75 Å². The summed E-state index contributed by atoms with van der Waals surface area (Å²) >= 11 is 0. The zero-order chi connectivity index (χ0) is 18.4. The van der Waals surface area contributed by atoms with Crippen LogP contribution in [0.1, 0.15) is 43.4 Å². The first kappa shape index (κ1) is 18.5. The molecule has 0 unspecified atom stereocenters. The molecule has 2 rings (SSSR count). The Hall–Kier alpha value is -2.82. The van der Waals surface area contributed by atoms with Crippen LogP contribution in [0.25, 0.3) is 0 Å². The maximum absolute atomic E-state index is 11.9. The molecule has 0 radical (unpaired) electrons. The summed E-state index contributed by atoms with van der Waals surface area (Å²) in [4.78, 5) is 11.9. The van der Waals surface area contributed by atoms with Crippen molar-refractivity contribution in [2.75, 3.05) is 12.3 Å². The molecular formula is C20H25N3O2. The van der Waals surface area contributed by atoms with Gasteiger partial charge in [-0.1, -0.05) is 32.0 Å². The van der Waals surface area contributed by atoms with Crippen LogP contribution in [0.15, 0.2) is 47.6 Å². The summed E-state index contributed by atoms with van der Waals surface area (Å²) in [5.74, 6) is 0.833. The fourth-order valence-corrected chi connectivity index (χ4v) is 2.50. The fourth-order valence-electron chi connectivity index (χ4n) is 2.50. The minimum absolute atomic E-state index is 0.0843. The summed E-state index contributed by atoms with van der Waals surface area (Å²) in [6.45, 7) is 8.08. The molecule has 0 aliphatic carbocycles. The van der Waals surface area contributed by atoms with E-state index in [2.05, 4.69) is 24.4 Å². The van der Waals surface area contributed by atoms with Gasteiger partial charge in [-0.3, -0.25) is 4.79 Å². The van der Waals surface area contributed by atoms with Crippen LogP contribution in [0.3, 0.4) is 0 Å². The molecule has 1 amide bonds. The third-order valence-corrected chi connectivity index (χ3v) is 3.91. The predicted molar refractivity (Wildman–Crippen MR) is 102 cm³/mol. The summed E-state index contributed by atoms with van der Waals surface area (Å²) in [6, 6.07) is 13.2. The quantitative estimate of drug-likeness (QED) is 0.479. The lowest BCUT2D eigenvalue weighted by atomic mass is 9.98. The Morgan fingerprint density at radius 1 is 1.20 bits per heavy atom. The van der Waals surface area contributed by atoms with E-state index < -0.39 is 0 Å². The van der Waals surface area contributed by atoms with Crippen molar-refractivity contribution in [2.45, 2.75) is 33.6 Å². The van der Waals surface area contributed by atoms with Crippen LogP contribution in [0, 0.1) is 6.92 Å². The molecular weight excluding hydrogens is 314 g/mol. The number of ether oxygens (including phenoxy) is 1. The summed E-state index contributed by atoms with van der Waals surface area (Å²) < 4.78 is 5.54. The van der Waals surface area contributed by atoms with Crippen LogP contribution < -0.4 is 15.9 Å². The number of anilines is 1. The van der Waals surface area contributed by atoms with E-state index in [0.29, 0.717) is 23.1 Å². The summed E-state index contributed by atoms with van der Waals surface area (Å²) in [5, 5.41) is 4.09. The number of nitrogen functional groups attached to an aromatic ring is 1. The van der Waals surface area contributed by atoms with Crippen molar-refractivity contribution in [3.05, 3.63) is 59.2 Å². The van der Waals surface area contributed by atoms with Crippen molar-refractivity contribution in [3.63, 3.8) is 0 Å². The standard InChI is InChI=1S/C20H25N3O2/c1-13(2)19-10-9-18(11-14(19)3)25-12-20(24)23-22-15(4)16-5-7-17(21)8-6-16/h5-11,13H,12,21H2,1-4H3,(H,23,24)/b22-15-. The van der Waals surface area contributed by atoms with Crippen LogP contribution >= 0.6 is 0 Å². The molecule has 2 aromatic rings. The van der Waals surface area contributed by atoms with Gasteiger partial charge in [0.2, 0.25) is 0 Å².